The molecule has 0 saturated heterocycles. The van der Waals surface area contributed by atoms with Gasteiger partial charge in [-0.25, -0.2) is 0 Å². The quantitative estimate of drug-likeness (QED) is 0.676. The second-order valence-corrected chi connectivity index (χ2v) is 2.91. The van der Waals surface area contributed by atoms with Gasteiger partial charge in [0.15, 0.2) is 17.4 Å². The van der Waals surface area contributed by atoms with Gasteiger partial charge in [-0.3, -0.25) is 0 Å². The van der Waals surface area contributed by atoms with Gasteiger partial charge in [-0.15, -0.1) is 0 Å². The molecule has 1 nitrogen and oxygen atoms in total. The van der Waals surface area contributed by atoms with Crippen molar-refractivity contribution in [3.05, 3.63) is 35.9 Å². The maximum Gasteiger partial charge on any atom is 0.187 e. The average Bonchev–Trinajstić information content (AvgIpc) is 2.07. The van der Waals surface area contributed by atoms with Gasteiger partial charge >= 0.3 is 0 Å². The van der Waals surface area contributed by atoms with E-state index in [4.69, 9.17) is 5.11 Å². The maximum atomic E-state index is 8.36. The number of hydrogen-bond donors (Lipinski definition) is 1. The highest BCUT2D eigenvalue weighted by Gasteiger charge is 1.81. The summed E-state index contributed by atoms with van der Waals surface area (Å²) in [5.74, 6) is 0. The summed E-state index contributed by atoms with van der Waals surface area (Å²) in [4.78, 5) is 0. The number of aliphatic hydroxyl groups excluding tert-OH is 1. The number of aryl methyl sites for hydroxylation is 1. The van der Waals surface area contributed by atoms with Gasteiger partial charge in [0.05, 0.1) is 6.10 Å². The lowest BCUT2D eigenvalue weighted by molar-refractivity contribution is 0.191. The van der Waals surface area contributed by atoms with E-state index in [9.17, 15) is 0 Å². The lowest BCUT2D eigenvalue weighted by Crippen LogP contribution is -1.93. The van der Waals surface area contributed by atoms with Crippen LogP contribution in [0, 0.1) is 6.92 Å². The highest BCUT2D eigenvalue weighted by molar-refractivity contribution is 5.75. The van der Waals surface area contributed by atoms with E-state index in [0.717, 1.165) is 6.42 Å². The van der Waals surface area contributed by atoms with Crippen LogP contribution in [0.5, 0.6) is 0 Å². The van der Waals surface area contributed by atoms with Gasteiger partial charge in [-0.2, -0.15) is 0 Å². The Morgan fingerprint density at radius 2 is 1.62 bits per heavy atom. The lowest BCUT2D eigenvalue weighted by Gasteiger charge is -1.90. The van der Waals surface area contributed by atoms with Gasteiger partial charge in [0.1, 0.15) is 0 Å². The van der Waals surface area contributed by atoms with Crippen LogP contribution in [0.4, 0.5) is 0 Å². The highest BCUT2D eigenvalue weighted by Crippen LogP contribution is 1.92. The minimum atomic E-state index is -0.116. The molecule has 13 heavy (non-hydrogen) atoms. The first-order valence-corrected chi connectivity index (χ1v) is 4.36. The predicted molar refractivity (Wildman–Crippen MR) is 63.1 cm³/mol. The molecule has 1 aromatic carbocycles. The Hall–Kier alpha value is -0.288. The number of rotatable bonds is 1. The predicted octanol–water partition coefficient (Wildman–Crippen LogP) is 1.59. The monoisotopic (exact) mass is 196 g/mol. The molecule has 0 aliphatic carbocycles. The van der Waals surface area contributed by atoms with Crippen molar-refractivity contribution in [3.63, 3.8) is 0 Å². The smallest absolute Gasteiger partial charge is 0.187 e. The Morgan fingerprint density at radius 3 is 1.77 bits per heavy atom. The van der Waals surface area contributed by atoms with Crippen molar-refractivity contribution in [2.45, 2.75) is 33.3 Å². The van der Waals surface area contributed by atoms with E-state index in [-0.39, 0.29) is 23.5 Å². The summed E-state index contributed by atoms with van der Waals surface area (Å²) >= 11 is 0. The van der Waals surface area contributed by atoms with Crippen molar-refractivity contribution in [3.8, 4) is 0 Å². The molecule has 0 aliphatic rings. The van der Waals surface area contributed by atoms with Crippen molar-refractivity contribution in [1.29, 1.82) is 0 Å². The summed E-state index contributed by atoms with van der Waals surface area (Å²) < 4.78 is 0. The molecular weight excluding hydrogens is 175 g/mol. The summed E-state index contributed by atoms with van der Waals surface area (Å²) in [6, 6.07) is 10.3. The standard InChI is InChI=1S/C7H8.C4H10O.Al.3H/c1-7-5-3-2-4-6-7;1-3-4(2)5;;;;/h2-6H,1H3;4-5H,3H2,1-2H3;;;;. The van der Waals surface area contributed by atoms with Gasteiger partial charge in [0.2, 0.25) is 0 Å². The highest BCUT2D eigenvalue weighted by atomic mass is 27.0. The summed E-state index contributed by atoms with van der Waals surface area (Å²) in [6.45, 7) is 5.81. The molecule has 0 fully saturated rings. The lowest BCUT2D eigenvalue weighted by atomic mass is 10.2. The topological polar surface area (TPSA) is 20.2 Å². The Kier molecular flexibility index (Phi) is 11.5. The number of hydrogen-bond acceptors (Lipinski definition) is 1. The molecule has 0 heterocycles. The van der Waals surface area contributed by atoms with Crippen LogP contribution < -0.4 is 0 Å². The normalized spacial score (nSPS) is 10.5. The van der Waals surface area contributed by atoms with E-state index in [1.165, 1.54) is 5.56 Å². The Labute approximate surface area is 91.9 Å². The third kappa shape index (κ3) is 11.7. The van der Waals surface area contributed by atoms with Crippen molar-refractivity contribution in [2.75, 3.05) is 0 Å². The van der Waals surface area contributed by atoms with E-state index >= 15 is 0 Å². The summed E-state index contributed by atoms with van der Waals surface area (Å²) in [5, 5.41) is 8.36. The first-order chi connectivity index (χ1) is 5.66. The number of aliphatic hydroxyl groups is 1. The molecule has 0 amide bonds. The molecule has 1 aromatic rings. The molecule has 0 radical (unpaired) electrons. The fourth-order valence-corrected chi connectivity index (χ4v) is 0.534. The second kappa shape index (κ2) is 9.80. The van der Waals surface area contributed by atoms with Crippen LogP contribution in [0.1, 0.15) is 25.8 Å². The fraction of sp³-hybridized carbons (Fsp3) is 0.455. The molecule has 74 valence electrons. The van der Waals surface area contributed by atoms with Crippen LogP contribution in [-0.4, -0.2) is 28.6 Å². The summed E-state index contributed by atoms with van der Waals surface area (Å²) in [5.41, 5.74) is 1.32. The third-order valence-corrected chi connectivity index (χ3v) is 1.53. The van der Waals surface area contributed by atoms with Gasteiger partial charge in [-0.05, 0) is 20.3 Å². The molecule has 0 spiro atoms. The molecule has 0 aliphatic heterocycles. The van der Waals surface area contributed by atoms with Crippen LogP contribution in [0.2, 0.25) is 0 Å². The number of benzene rings is 1. The summed E-state index contributed by atoms with van der Waals surface area (Å²) in [7, 11) is 0. The molecule has 1 unspecified atom stereocenters. The molecule has 1 atom stereocenters. The molecular formula is C11H21AlO. The van der Waals surface area contributed by atoms with E-state index < -0.39 is 0 Å². The van der Waals surface area contributed by atoms with E-state index in [2.05, 4.69) is 19.1 Å². The average molecular weight is 196 g/mol. The zero-order valence-electron chi connectivity index (χ0n) is 8.12. The Morgan fingerprint density at radius 1 is 1.23 bits per heavy atom. The maximum absolute atomic E-state index is 8.36. The minimum Gasteiger partial charge on any atom is -0.393 e. The largest absolute Gasteiger partial charge is 0.393 e. The van der Waals surface area contributed by atoms with Crippen molar-refractivity contribution in [2.24, 2.45) is 0 Å². The zero-order chi connectivity index (χ0) is 9.40. The van der Waals surface area contributed by atoms with Crippen LogP contribution in [0.15, 0.2) is 30.3 Å². The van der Waals surface area contributed by atoms with Gasteiger partial charge in [-0.1, -0.05) is 42.8 Å². The SMILES string of the molecule is CCC(C)O.Cc1ccccc1.[AlH3]. The van der Waals surface area contributed by atoms with Crippen molar-refractivity contribution in [1.82, 2.24) is 0 Å². The summed E-state index contributed by atoms with van der Waals surface area (Å²) in [6.07, 6.45) is 0.745. The van der Waals surface area contributed by atoms with Crippen LogP contribution in [-0.2, 0) is 0 Å². The Balaban J connectivity index is 0. The van der Waals surface area contributed by atoms with Gasteiger partial charge < -0.3 is 5.11 Å². The van der Waals surface area contributed by atoms with Crippen LogP contribution >= 0.6 is 0 Å². The van der Waals surface area contributed by atoms with E-state index in [1.807, 2.05) is 25.1 Å². The Bertz CT molecular complexity index is 185. The van der Waals surface area contributed by atoms with E-state index in [0.29, 0.717) is 0 Å². The fourth-order valence-electron chi connectivity index (χ4n) is 0.534. The van der Waals surface area contributed by atoms with E-state index in [1.54, 1.807) is 6.92 Å². The molecule has 0 aromatic heterocycles. The molecule has 1 N–H and O–H groups in total. The molecule has 0 saturated carbocycles. The van der Waals surface area contributed by atoms with Crippen molar-refractivity contribution >= 4 is 17.4 Å². The third-order valence-electron chi connectivity index (χ3n) is 1.53. The van der Waals surface area contributed by atoms with Gasteiger partial charge in [0.25, 0.3) is 0 Å². The first-order valence-electron chi connectivity index (χ1n) is 4.36. The van der Waals surface area contributed by atoms with Crippen molar-refractivity contribution < 1.29 is 5.11 Å². The van der Waals surface area contributed by atoms with Gasteiger partial charge in [0, 0.05) is 0 Å². The van der Waals surface area contributed by atoms with Crippen LogP contribution in [0.25, 0.3) is 0 Å². The molecule has 2 heteroatoms. The van der Waals surface area contributed by atoms with Crippen LogP contribution in [0.3, 0.4) is 0 Å². The molecule has 0 bridgehead atoms. The minimum absolute atomic E-state index is 0. The first kappa shape index (κ1) is 15.2. The molecule has 1 rings (SSSR count). The second-order valence-electron chi connectivity index (χ2n) is 2.91. The zero-order valence-corrected chi connectivity index (χ0v) is 8.12.